The summed E-state index contributed by atoms with van der Waals surface area (Å²) < 4.78 is 12.9. The van der Waals surface area contributed by atoms with Crippen molar-refractivity contribution < 1.29 is 19.1 Å². The molecular weight excluding hydrogens is 458 g/mol. The molecule has 4 aliphatic rings. The van der Waals surface area contributed by atoms with Gasteiger partial charge >= 0.3 is 12.0 Å². The zero-order chi connectivity index (χ0) is 25.4. The van der Waals surface area contributed by atoms with Gasteiger partial charge in [-0.15, -0.1) is 0 Å². The Morgan fingerprint density at radius 2 is 1.89 bits per heavy atom. The zero-order valence-electron chi connectivity index (χ0n) is 20.8. The van der Waals surface area contributed by atoms with E-state index >= 15 is 0 Å². The molecule has 4 saturated carbocycles. The predicted molar refractivity (Wildman–Crippen MR) is 135 cm³/mol. The second-order valence-electron chi connectivity index (χ2n) is 10.7. The Morgan fingerprint density at radius 3 is 2.50 bits per heavy atom. The molecule has 1 atom stereocenters. The van der Waals surface area contributed by atoms with E-state index in [0.717, 1.165) is 37.0 Å². The Balaban J connectivity index is 1.21. The van der Waals surface area contributed by atoms with E-state index < -0.39 is 5.97 Å². The molecule has 1 aromatic carbocycles. The van der Waals surface area contributed by atoms with Crippen LogP contribution in [0.4, 0.5) is 16.2 Å². The van der Waals surface area contributed by atoms with Crippen LogP contribution >= 0.6 is 0 Å². The molecule has 1 unspecified atom stereocenters. The molecule has 1 heterocycles. The van der Waals surface area contributed by atoms with Crippen molar-refractivity contribution in [2.45, 2.75) is 57.2 Å². The van der Waals surface area contributed by atoms with E-state index in [1.165, 1.54) is 37.1 Å². The summed E-state index contributed by atoms with van der Waals surface area (Å²) in [5.41, 5.74) is 7.35. The van der Waals surface area contributed by atoms with E-state index in [0.29, 0.717) is 17.9 Å². The molecule has 1 aromatic heterocycles. The number of nitrogen functional groups attached to an aromatic ring is 1. The average molecular weight is 492 g/mol. The number of ether oxygens (including phenoxy) is 2. The van der Waals surface area contributed by atoms with Crippen LogP contribution in [0.25, 0.3) is 5.69 Å². The molecule has 190 valence electrons. The summed E-state index contributed by atoms with van der Waals surface area (Å²) >= 11 is 0. The number of carbonyl (C=O) groups is 2. The van der Waals surface area contributed by atoms with Crippen LogP contribution in [0.2, 0.25) is 0 Å². The monoisotopic (exact) mass is 491 g/mol. The largest absolute Gasteiger partial charge is 0.464 e. The number of urea groups is 1. The number of hydrogen-bond acceptors (Lipinski definition) is 6. The smallest absolute Gasteiger partial charge is 0.357 e. The maximum atomic E-state index is 12.6. The lowest BCUT2D eigenvalue weighted by Crippen LogP contribution is -2.54. The molecule has 9 nitrogen and oxygen atoms in total. The van der Waals surface area contributed by atoms with Gasteiger partial charge in [-0.2, -0.15) is 5.26 Å². The topological polar surface area (TPSA) is 131 Å². The highest BCUT2D eigenvalue weighted by atomic mass is 16.5. The lowest BCUT2D eigenvalue weighted by molar-refractivity contribution is -0.182. The van der Waals surface area contributed by atoms with E-state index in [1.54, 1.807) is 24.3 Å². The SMILES string of the molecule is COC(=O)c1c(N)c(C#N)cn1-c1cccc(NC(=O)NCC(C)OC23CC4CC(CC(C4)C2)C3)c1. The highest BCUT2D eigenvalue weighted by Crippen LogP contribution is 2.57. The summed E-state index contributed by atoms with van der Waals surface area (Å²) in [4.78, 5) is 24.9. The molecule has 36 heavy (non-hydrogen) atoms. The average Bonchev–Trinajstić information content (AvgIpc) is 3.17. The third kappa shape index (κ3) is 4.65. The van der Waals surface area contributed by atoms with Crippen LogP contribution in [-0.4, -0.2) is 41.9 Å². The maximum Gasteiger partial charge on any atom is 0.357 e. The van der Waals surface area contributed by atoms with Gasteiger partial charge in [0.05, 0.1) is 30.1 Å². The quantitative estimate of drug-likeness (QED) is 0.497. The molecular formula is C27H33N5O4. The number of hydrogen-bond donors (Lipinski definition) is 3. The number of anilines is 2. The minimum atomic E-state index is -0.655. The van der Waals surface area contributed by atoms with Crippen LogP contribution in [-0.2, 0) is 9.47 Å². The number of carbonyl (C=O) groups excluding carboxylic acids is 2. The number of methoxy groups -OCH3 is 1. The van der Waals surface area contributed by atoms with Crippen LogP contribution in [0.5, 0.6) is 0 Å². The molecule has 4 aliphatic carbocycles. The van der Waals surface area contributed by atoms with E-state index in [4.69, 9.17) is 15.2 Å². The van der Waals surface area contributed by atoms with Gasteiger partial charge in [-0.05, 0) is 81.4 Å². The van der Waals surface area contributed by atoms with Gasteiger partial charge in [0, 0.05) is 24.1 Å². The molecule has 4 fully saturated rings. The van der Waals surface area contributed by atoms with Gasteiger partial charge in [-0.1, -0.05) is 6.07 Å². The van der Waals surface area contributed by atoms with Gasteiger partial charge in [-0.25, -0.2) is 9.59 Å². The molecule has 0 saturated heterocycles. The van der Waals surface area contributed by atoms with Gasteiger partial charge in [0.1, 0.15) is 6.07 Å². The fraction of sp³-hybridized carbons (Fsp3) is 0.519. The van der Waals surface area contributed by atoms with Crippen molar-refractivity contribution in [2.24, 2.45) is 17.8 Å². The van der Waals surface area contributed by atoms with Gasteiger partial charge in [-0.3, -0.25) is 0 Å². The maximum absolute atomic E-state index is 12.6. The van der Waals surface area contributed by atoms with E-state index in [9.17, 15) is 14.9 Å². The Labute approximate surface area is 210 Å². The normalized spacial score (nSPS) is 26.8. The second kappa shape index (κ2) is 9.51. The summed E-state index contributed by atoms with van der Waals surface area (Å²) in [5.74, 6) is 1.78. The standard InChI is InChI=1S/C27H33N5O4/c1-16(36-27-10-17-6-18(11-27)8-19(7-17)12-27)14-30-26(34)31-21-4-3-5-22(9-21)32-15-20(13-28)23(29)24(32)25(33)35-2/h3-5,9,15-19H,6-8,10-12,14,29H2,1-2H3,(H2,30,31,34). The van der Waals surface area contributed by atoms with Crippen molar-refractivity contribution in [1.29, 1.82) is 5.26 Å². The highest BCUT2D eigenvalue weighted by molar-refractivity contribution is 5.96. The number of benzene rings is 1. The number of nitriles is 1. The van der Waals surface area contributed by atoms with Crippen molar-refractivity contribution in [2.75, 3.05) is 24.7 Å². The second-order valence-corrected chi connectivity index (χ2v) is 10.7. The van der Waals surface area contributed by atoms with Crippen molar-refractivity contribution in [1.82, 2.24) is 9.88 Å². The molecule has 4 N–H and O–H groups in total. The highest BCUT2D eigenvalue weighted by Gasteiger charge is 2.52. The number of amides is 2. The third-order valence-corrected chi connectivity index (χ3v) is 7.91. The first-order chi connectivity index (χ1) is 17.3. The minimum absolute atomic E-state index is 0.00110. The summed E-state index contributed by atoms with van der Waals surface area (Å²) in [6, 6.07) is 8.57. The molecule has 6 rings (SSSR count). The molecule has 0 aliphatic heterocycles. The predicted octanol–water partition coefficient (Wildman–Crippen LogP) is 4.21. The third-order valence-electron chi connectivity index (χ3n) is 7.91. The van der Waals surface area contributed by atoms with Gasteiger partial charge < -0.3 is 30.4 Å². The van der Waals surface area contributed by atoms with Gasteiger partial charge in [0.2, 0.25) is 0 Å². The van der Waals surface area contributed by atoms with Gasteiger partial charge in [0.15, 0.2) is 5.69 Å². The number of rotatable bonds is 7. The van der Waals surface area contributed by atoms with Crippen LogP contribution in [0.15, 0.2) is 30.5 Å². The molecule has 0 spiro atoms. The number of nitrogens with two attached hydrogens (primary N) is 1. The molecule has 4 bridgehead atoms. The first-order valence-electron chi connectivity index (χ1n) is 12.6. The molecule has 9 heteroatoms. The Bertz CT molecular complexity index is 1180. The van der Waals surface area contributed by atoms with Crippen molar-refractivity contribution in [3.63, 3.8) is 0 Å². The van der Waals surface area contributed by atoms with Crippen LogP contribution in [0.3, 0.4) is 0 Å². The Hall–Kier alpha value is -3.51. The fourth-order valence-corrected chi connectivity index (χ4v) is 6.91. The lowest BCUT2D eigenvalue weighted by atomic mass is 9.54. The number of esters is 1. The van der Waals surface area contributed by atoms with E-state index in [2.05, 4.69) is 10.6 Å². The van der Waals surface area contributed by atoms with E-state index in [1.807, 2.05) is 13.0 Å². The first-order valence-corrected chi connectivity index (χ1v) is 12.6. The Kier molecular flexibility index (Phi) is 6.39. The van der Waals surface area contributed by atoms with Crippen molar-refractivity contribution in [3.8, 4) is 11.8 Å². The van der Waals surface area contributed by atoms with E-state index in [-0.39, 0.29) is 34.7 Å². The summed E-state index contributed by atoms with van der Waals surface area (Å²) in [6.45, 7) is 2.44. The van der Waals surface area contributed by atoms with Crippen molar-refractivity contribution in [3.05, 3.63) is 41.7 Å². The van der Waals surface area contributed by atoms with Crippen LogP contribution in [0, 0.1) is 29.1 Å². The summed E-state index contributed by atoms with van der Waals surface area (Å²) in [6.07, 6.45) is 8.98. The van der Waals surface area contributed by atoms with Gasteiger partial charge in [0.25, 0.3) is 0 Å². The lowest BCUT2D eigenvalue weighted by Gasteiger charge is -2.57. The molecule has 0 radical (unpaired) electrons. The summed E-state index contributed by atoms with van der Waals surface area (Å²) in [7, 11) is 1.25. The molecule has 2 amide bonds. The number of nitrogens with one attached hydrogen (secondary N) is 2. The summed E-state index contributed by atoms with van der Waals surface area (Å²) in [5, 5.41) is 15.1. The van der Waals surface area contributed by atoms with Crippen LogP contribution < -0.4 is 16.4 Å². The molecule has 2 aromatic rings. The fourth-order valence-electron chi connectivity index (χ4n) is 6.91. The van der Waals surface area contributed by atoms with Crippen molar-refractivity contribution >= 4 is 23.4 Å². The van der Waals surface area contributed by atoms with Crippen LogP contribution in [0.1, 0.15) is 61.5 Å². The number of aromatic nitrogens is 1. The zero-order valence-corrected chi connectivity index (χ0v) is 20.8. The Morgan fingerprint density at radius 1 is 1.22 bits per heavy atom. The number of nitrogens with zero attached hydrogens (tertiary/aromatic N) is 2. The minimum Gasteiger partial charge on any atom is -0.464 e. The first kappa shape index (κ1) is 24.2.